The maximum absolute atomic E-state index is 12.6. The summed E-state index contributed by atoms with van der Waals surface area (Å²) in [6.07, 6.45) is 3.00. The van der Waals surface area contributed by atoms with Gasteiger partial charge in [-0.3, -0.25) is 14.6 Å². The Morgan fingerprint density at radius 3 is 2.64 bits per heavy atom. The van der Waals surface area contributed by atoms with E-state index in [1.165, 1.54) is 12.1 Å². The molecule has 1 aromatic heterocycles. The number of carbonyl (C=O) groups excluding carboxylic acids is 1. The van der Waals surface area contributed by atoms with E-state index in [1.54, 1.807) is 35.4 Å². The molecule has 1 fully saturated rings. The minimum atomic E-state index is -3.74. The van der Waals surface area contributed by atoms with Gasteiger partial charge < -0.3 is 4.90 Å². The molecule has 0 bridgehead atoms. The maximum Gasteiger partial charge on any atom is 0.261 e. The van der Waals surface area contributed by atoms with E-state index in [4.69, 9.17) is 0 Å². The third kappa shape index (κ3) is 2.85. The number of H-pyrrole nitrogens is 1. The van der Waals surface area contributed by atoms with Crippen LogP contribution in [0.2, 0.25) is 0 Å². The molecule has 3 aromatic rings. The number of rotatable bonds is 4. The maximum atomic E-state index is 12.6. The molecule has 0 atom stereocenters. The molecule has 1 aliphatic rings. The normalized spacial score (nSPS) is 15.0. The van der Waals surface area contributed by atoms with Gasteiger partial charge in [0.2, 0.25) is 5.91 Å². The summed E-state index contributed by atoms with van der Waals surface area (Å²) < 4.78 is 27.9. The fraction of sp³-hybridized carbons (Fsp3) is 0.176. The van der Waals surface area contributed by atoms with Gasteiger partial charge in [0.1, 0.15) is 0 Å². The zero-order valence-electron chi connectivity index (χ0n) is 13.3. The molecular weight excluding hydrogens is 340 g/mol. The lowest BCUT2D eigenvalue weighted by molar-refractivity contribution is -0.117. The van der Waals surface area contributed by atoms with Crippen LogP contribution in [0.1, 0.15) is 12.8 Å². The lowest BCUT2D eigenvalue weighted by atomic mass is 10.2. The Morgan fingerprint density at radius 2 is 1.92 bits per heavy atom. The van der Waals surface area contributed by atoms with Crippen molar-refractivity contribution in [2.75, 3.05) is 16.2 Å². The number of nitrogens with zero attached hydrogens (tertiary/aromatic N) is 2. The number of amides is 1. The third-order valence-corrected chi connectivity index (χ3v) is 5.63. The van der Waals surface area contributed by atoms with Crippen molar-refractivity contribution in [3.05, 3.63) is 48.7 Å². The summed E-state index contributed by atoms with van der Waals surface area (Å²) in [5.41, 5.74) is 1.79. The van der Waals surface area contributed by atoms with Crippen LogP contribution in [0.4, 0.5) is 11.4 Å². The van der Waals surface area contributed by atoms with Crippen LogP contribution in [0.3, 0.4) is 0 Å². The van der Waals surface area contributed by atoms with Crippen molar-refractivity contribution in [3.8, 4) is 0 Å². The van der Waals surface area contributed by atoms with Crippen LogP contribution in [0.15, 0.2) is 53.6 Å². The Balaban J connectivity index is 1.62. The largest absolute Gasteiger partial charge is 0.312 e. The number of nitrogens with one attached hydrogen (secondary N) is 2. The standard InChI is InChI=1S/C17H16N4O3S/c22-16-5-2-10-21(16)13-6-8-14(9-7-13)25(23,24)20-15-4-1-3-12-11-18-19-17(12)15/h1,3-4,6-9,11,20H,2,5,10H2,(H,18,19). The van der Waals surface area contributed by atoms with Crippen LogP contribution in [0.25, 0.3) is 10.9 Å². The second-order valence-electron chi connectivity index (χ2n) is 5.89. The van der Waals surface area contributed by atoms with Gasteiger partial charge in [-0.2, -0.15) is 5.10 Å². The average Bonchev–Trinajstić information content (AvgIpc) is 3.24. The Kier molecular flexibility index (Phi) is 3.69. The van der Waals surface area contributed by atoms with Crippen molar-refractivity contribution in [1.29, 1.82) is 0 Å². The SMILES string of the molecule is O=C1CCCN1c1ccc(S(=O)(=O)Nc2cccc3cn[nH]c23)cc1. The highest BCUT2D eigenvalue weighted by Gasteiger charge is 2.22. The fourth-order valence-corrected chi connectivity index (χ4v) is 4.06. The Morgan fingerprint density at radius 1 is 1.12 bits per heavy atom. The van der Waals surface area contributed by atoms with E-state index in [2.05, 4.69) is 14.9 Å². The molecule has 2 heterocycles. The lowest BCUT2D eigenvalue weighted by Crippen LogP contribution is -2.23. The fourth-order valence-electron chi connectivity index (χ4n) is 2.98. The topological polar surface area (TPSA) is 95.2 Å². The minimum absolute atomic E-state index is 0.0691. The molecule has 1 saturated heterocycles. The second-order valence-corrected chi connectivity index (χ2v) is 7.57. The van der Waals surface area contributed by atoms with Gasteiger partial charge in [-0.15, -0.1) is 0 Å². The molecule has 4 rings (SSSR count). The molecule has 7 nitrogen and oxygen atoms in total. The van der Waals surface area contributed by atoms with Crippen LogP contribution in [-0.4, -0.2) is 31.1 Å². The van der Waals surface area contributed by atoms with E-state index in [-0.39, 0.29) is 10.8 Å². The summed E-state index contributed by atoms with van der Waals surface area (Å²) in [6.45, 7) is 0.672. The van der Waals surface area contributed by atoms with Crippen LogP contribution in [0, 0.1) is 0 Å². The lowest BCUT2D eigenvalue weighted by Gasteiger charge is -2.16. The molecule has 0 aliphatic carbocycles. The Labute approximate surface area is 144 Å². The van der Waals surface area contributed by atoms with E-state index in [0.29, 0.717) is 24.2 Å². The van der Waals surface area contributed by atoms with Crippen LogP contribution in [0.5, 0.6) is 0 Å². The molecule has 8 heteroatoms. The highest BCUT2D eigenvalue weighted by atomic mass is 32.2. The summed E-state index contributed by atoms with van der Waals surface area (Å²) in [4.78, 5) is 13.6. The van der Waals surface area contributed by atoms with Crippen molar-refractivity contribution < 1.29 is 13.2 Å². The average molecular weight is 356 g/mol. The van der Waals surface area contributed by atoms with Crippen LogP contribution in [-0.2, 0) is 14.8 Å². The molecular formula is C17H16N4O3S. The smallest absolute Gasteiger partial charge is 0.261 e. The first-order valence-electron chi connectivity index (χ1n) is 7.90. The molecule has 0 unspecified atom stereocenters. The number of anilines is 2. The van der Waals surface area contributed by atoms with Crippen molar-refractivity contribution in [2.45, 2.75) is 17.7 Å². The van der Waals surface area contributed by atoms with E-state index < -0.39 is 10.0 Å². The van der Waals surface area contributed by atoms with E-state index in [9.17, 15) is 13.2 Å². The van der Waals surface area contributed by atoms with E-state index in [1.807, 2.05) is 6.07 Å². The summed E-state index contributed by atoms with van der Waals surface area (Å²) >= 11 is 0. The second kappa shape index (κ2) is 5.89. The monoisotopic (exact) mass is 356 g/mol. The first-order chi connectivity index (χ1) is 12.0. The Hall–Kier alpha value is -2.87. The van der Waals surface area contributed by atoms with E-state index >= 15 is 0 Å². The van der Waals surface area contributed by atoms with Gasteiger partial charge in [-0.05, 0) is 36.8 Å². The minimum Gasteiger partial charge on any atom is -0.312 e. The molecule has 0 spiro atoms. The van der Waals surface area contributed by atoms with Gasteiger partial charge in [-0.1, -0.05) is 12.1 Å². The zero-order valence-corrected chi connectivity index (χ0v) is 14.1. The molecule has 2 N–H and O–H groups in total. The van der Waals surface area contributed by atoms with Crippen molar-refractivity contribution in [1.82, 2.24) is 10.2 Å². The number of hydrogen-bond donors (Lipinski definition) is 2. The number of aromatic amines is 1. The molecule has 0 saturated carbocycles. The van der Waals surface area contributed by atoms with Gasteiger partial charge in [0, 0.05) is 24.0 Å². The zero-order chi connectivity index (χ0) is 17.4. The van der Waals surface area contributed by atoms with Gasteiger partial charge >= 0.3 is 0 Å². The number of aromatic nitrogens is 2. The third-order valence-electron chi connectivity index (χ3n) is 4.25. The highest BCUT2D eigenvalue weighted by molar-refractivity contribution is 7.92. The number of carbonyl (C=O) groups is 1. The number of sulfonamides is 1. The van der Waals surface area contributed by atoms with E-state index in [0.717, 1.165) is 17.5 Å². The van der Waals surface area contributed by atoms with Crippen LogP contribution >= 0.6 is 0 Å². The van der Waals surface area contributed by atoms with Crippen molar-refractivity contribution in [2.24, 2.45) is 0 Å². The molecule has 25 heavy (non-hydrogen) atoms. The molecule has 2 aromatic carbocycles. The number of para-hydroxylation sites is 1. The number of fused-ring (bicyclic) bond motifs is 1. The highest BCUT2D eigenvalue weighted by Crippen LogP contribution is 2.26. The summed E-state index contributed by atoms with van der Waals surface area (Å²) in [5, 5.41) is 7.54. The number of benzene rings is 2. The van der Waals surface area contributed by atoms with Gasteiger partial charge in [0.25, 0.3) is 10.0 Å². The Bertz CT molecular complexity index is 1040. The summed E-state index contributed by atoms with van der Waals surface area (Å²) in [7, 11) is -3.74. The predicted molar refractivity (Wildman–Crippen MR) is 94.9 cm³/mol. The summed E-state index contributed by atoms with van der Waals surface area (Å²) in [6, 6.07) is 11.6. The van der Waals surface area contributed by atoms with Gasteiger partial charge in [-0.25, -0.2) is 8.42 Å². The predicted octanol–water partition coefficient (Wildman–Crippen LogP) is 2.49. The van der Waals surface area contributed by atoms with Gasteiger partial charge in [0.05, 0.1) is 22.3 Å². The van der Waals surface area contributed by atoms with Gasteiger partial charge in [0.15, 0.2) is 0 Å². The quantitative estimate of drug-likeness (QED) is 0.751. The van der Waals surface area contributed by atoms with Crippen LogP contribution < -0.4 is 9.62 Å². The molecule has 128 valence electrons. The van der Waals surface area contributed by atoms with Crippen molar-refractivity contribution in [3.63, 3.8) is 0 Å². The molecule has 1 aliphatic heterocycles. The first kappa shape index (κ1) is 15.6. The molecule has 0 radical (unpaired) electrons. The summed E-state index contributed by atoms with van der Waals surface area (Å²) in [5.74, 6) is 0.0691. The molecule has 1 amide bonds. The number of hydrogen-bond acceptors (Lipinski definition) is 4. The first-order valence-corrected chi connectivity index (χ1v) is 9.38. The van der Waals surface area contributed by atoms with Crippen molar-refractivity contribution >= 4 is 38.2 Å².